The first-order chi connectivity index (χ1) is 52.7. The maximum atomic E-state index is 11.5. The van der Waals surface area contributed by atoms with Crippen LogP contribution in [0.15, 0.2) is 279 Å². The highest BCUT2D eigenvalue weighted by Crippen LogP contribution is 2.47. The van der Waals surface area contributed by atoms with Gasteiger partial charge in [0.15, 0.2) is 19.1 Å². The predicted molar refractivity (Wildman–Crippen MR) is 378 cm³/mol. The summed E-state index contributed by atoms with van der Waals surface area (Å²) in [7, 11) is -6.44. The minimum absolute atomic E-state index is 0.0267. The summed E-state index contributed by atoms with van der Waals surface area (Å²) in [6.45, 7) is 18.9. The third-order valence-electron chi connectivity index (χ3n) is 17.1. The van der Waals surface area contributed by atoms with Crippen LogP contribution in [0.25, 0.3) is 94.5 Å². The minimum Gasteiger partial charge on any atom is -0.457 e. The van der Waals surface area contributed by atoms with E-state index in [0.717, 1.165) is 44.3 Å². The molecule has 90 heavy (non-hydrogen) atoms. The first-order valence-electron chi connectivity index (χ1n) is 40.8. The Bertz CT molecular complexity index is 6200. The molecule has 1 aliphatic heterocycles. The standard InChI is InChI=1S/C84H73N4OSi/c1-82(2,3)57-46-47-85-79(51-57)88-76-40-22-21-36-71(76)72-44-42-62(53-78(72)88)89-61-27-23-26-60(52-61)86-55-87-80-67(56-48-58(83(4,5)6)50-59(49-56)84(7,8)9)37-24-38-74(80)75-54-66(43-45-70(75)68-34-19-20-35-69(68)73-39-25-41-77(86)81(73)87)90(63-28-13-10-14-29-63,64-30-15-11-16-31-64)65-32-17-12-18-33-65/h10-55H,1-9H3/q+1/i10D,11D,12D,13D,14D,15D,16D,17D,18D,19D,20D,28D,29D,30D,31D,32D,33D,34D,35D,43D,45D,54D. The van der Waals surface area contributed by atoms with Crippen molar-refractivity contribution in [1.29, 1.82) is 0 Å². The molecule has 5 nitrogen and oxygen atoms in total. The predicted octanol–water partition coefficient (Wildman–Crippen LogP) is 18.4. The summed E-state index contributed by atoms with van der Waals surface area (Å²) in [6, 6.07) is 19.3. The van der Waals surface area contributed by atoms with Crippen LogP contribution in [0, 0.1) is 0 Å². The van der Waals surface area contributed by atoms with Crippen molar-refractivity contribution in [2.45, 2.75) is 78.6 Å². The van der Waals surface area contributed by atoms with E-state index in [1.54, 1.807) is 30.6 Å². The summed E-state index contributed by atoms with van der Waals surface area (Å²) in [5, 5.41) is -1.97. The van der Waals surface area contributed by atoms with E-state index in [2.05, 4.69) is 91.1 Å². The smallest absolute Gasteiger partial charge is 0.255 e. The van der Waals surface area contributed by atoms with Crippen LogP contribution in [-0.2, 0) is 16.2 Å². The van der Waals surface area contributed by atoms with Crippen molar-refractivity contribution in [3.63, 3.8) is 0 Å². The average molecular weight is 1200 g/mol. The first-order valence-corrected chi connectivity index (χ1v) is 31.8. The quantitative estimate of drug-likeness (QED) is 0.0820. The van der Waals surface area contributed by atoms with Gasteiger partial charge in [-0.2, -0.15) is 9.13 Å². The molecular formula is C84H73N4OSi+. The molecule has 0 saturated carbocycles. The van der Waals surface area contributed by atoms with Gasteiger partial charge >= 0.3 is 0 Å². The fourth-order valence-corrected chi connectivity index (χ4v) is 16.1. The summed E-state index contributed by atoms with van der Waals surface area (Å²) >= 11 is 0. The number of ether oxygens (including phenoxy) is 1. The van der Waals surface area contributed by atoms with Crippen LogP contribution in [0.5, 0.6) is 11.5 Å². The van der Waals surface area contributed by atoms with Crippen molar-refractivity contribution < 1.29 is 39.5 Å². The number of hydrogen-bond acceptors (Lipinski definition) is 2. The van der Waals surface area contributed by atoms with E-state index in [4.69, 9.17) is 13.8 Å². The van der Waals surface area contributed by atoms with Gasteiger partial charge in [0.2, 0.25) is 0 Å². The molecule has 0 spiro atoms. The average Bonchev–Trinajstić information content (AvgIpc) is 0.723. The zero-order valence-electron chi connectivity index (χ0n) is 73.1. The Morgan fingerprint density at radius 3 is 1.64 bits per heavy atom. The summed E-state index contributed by atoms with van der Waals surface area (Å²) in [6.07, 6.45) is 3.58. The maximum absolute atomic E-state index is 11.5. The highest BCUT2D eigenvalue weighted by atomic mass is 28.3. The molecule has 0 radical (unpaired) electrons. The Labute approximate surface area is 560 Å². The van der Waals surface area contributed by atoms with Crippen molar-refractivity contribution in [2.75, 3.05) is 0 Å². The largest absolute Gasteiger partial charge is 0.457 e. The minimum atomic E-state index is -6.44. The lowest BCUT2D eigenvalue weighted by atomic mass is 9.78. The molecule has 0 aliphatic carbocycles. The molecule has 6 heteroatoms. The van der Waals surface area contributed by atoms with Crippen LogP contribution in [0.3, 0.4) is 0 Å². The van der Waals surface area contributed by atoms with Gasteiger partial charge in [0.1, 0.15) is 28.7 Å². The molecule has 0 atom stereocenters. The first kappa shape index (κ1) is 37.0. The number of pyridine rings is 1. The second-order valence-electron chi connectivity index (χ2n) is 25.8. The maximum Gasteiger partial charge on any atom is 0.255 e. The van der Waals surface area contributed by atoms with Crippen LogP contribution < -0.4 is 30.1 Å². The summed E-state index contributed by atoms with van der Waals surface area (Å²) in [5.41, 5.74) is 4.49. The third kappa shape index (κ3) is 9.51. The second-order valence-corrected chi connectivity index (χ2v) is 29.3. The molecular weight excluding hydrogens is 1110 g/mol. The number of fused-ring (bicyclic) bond motifs is 10. The highest BCUT2D eigenvalue weighted by Gasteiger charge is 2.42. The number of para-hydroxylation sites is 3. The van der Waals surface area contributed by atoms with Crippen molar-refractivity contribution in [1.82, 2.24) is 14.1 Å². The molecule has 438 valence electrons. The van der Waals surface area contributed by atoms with Gasteiger partial charge < -0.3 is 4.74 Å². The van der Waals surface area contributed by atoms with Gasteiger partial charge in [-0.15, -0.1) is 0 Å². The molecule has 1 aliphatic rings. The monoisotopic (exact) mass is 1200 g/mol. The fourth-order valence-electron chi connectivity index (χ4n) is 12.5. The summed E-state index contributed by atoms with van der Waals surface area (Å²) in [4.78, 5) is 4.89. The van der Waals surface area contributed by atoms with Crippen LogP contribution in [-0.4, -0.2) is 22.2 Å². The number of hydrogen-bond donors (Lipinski definition) is 0. The molecule has 15 rings (SSSR count). The number of imidazole rings is 1. The van der Waals surface area contributed by atoms with E-state index < -0.39 is 189 Å². The number of nitrogens with zero attached hydrogens (tertiary/aromatic N) is 4. The molecule has 14 aromatic rings. The van der Waals surface area contributed by atoms with Crippen LogP contribution >= 0.6 is 0 Å². The lowest BCUT2D eigenvalue weighted by Gasteiger charge is -2.35. The molecule has 0 amide bonds. The molecule has 4 heterocycles. The van der Waals surface area contributed by atoms with Crippen molar-refractivity contribution in [3.05, 3.63) is 296 Å². The topological polar surface area (TPSA) is 35.9 Å². The van der Waals surface area contributed by atoms with Crippen LogP contribution in [0.4, 0.5) is 0 Å². The van der Waals surface area contributed by atoms with Crippen molar-refractivity contribution in [3.8, 4) is 73.2 Å². The molecule has 0 bridgehead atoms. The van der Waals surface area contributed by atoms with E-state index in [1.807, 2.05) is 100 Å². The Kier molecular flexibility index (Phi) is 8.87. The van der Waals surface area contributed by atoms with Gasteiger partial charge in [-0.05, 0) is 136 Å². The molecule has 0 N–H and O–H groups in total. The number of aromatic nitrogens is 4. The van der Waals surface area contributed by atoms with E-state index in [-0.39, 0.29) is 27.8 Å². The van der Waals surface area contributed by atoms with Gasteiger partial charge in [-0.3, -0.25) is 4.57 Å². The molecule has 3 aromatic heterocycles. The molecule has 0 saturated heterocycles. The van der Waals surface area contributed by atoms with E-state index in [0.29, 0.717) is 39.3 Å². The van der Waals surface area contributed by atoms with Crippen LogP contribution in [0.2, 0.25) is 0 Å². The van der Waals surface area contributed by atoms with Gasteiger partial charge in [0, 0.05) is 45.8 Å². The van der Waals surface area contributed by atoms with Gasteiger partial charge in [0.25, 0.3) is 6.33 Å². The summed E-state index contributed by atoms with van der Waals surface area (Å²) < 4.78 is 229. The lowest BCUT2D eigenvalue weighted by molar-refractivity contribution is -0.566. The second kappa shape index (κ2) is 21.6. The van der Waals surface area contributed by atoms with E-state index in [1.165, 1.54) is 0 Å². The Morgan fingerprint density at radius 1 is 0.422 bits per heavy atom. The fraction of sp³-hybridized carbons (Fsp3) is 0.143. The Hall–Kier alpha value is -10.1. The Morgan fingerprint density at radius 2 is 0.978 bits per heavy atom. The molecule has 0 unspecified atom stereocenters. The number of benzene rings is 11. The van der Waals surface area contributed by atoms with Crippen LogP contribution in [0.1, 0.15) is 109 Å². The SMILES string of the molecule is [2H]c1c([2H])c([2H])c([Si](c2c([2H])c([2H])c([2H])c([2H])c2[2H])(c2c([2H])c([2H])c([2H])c([2H])c2[2H])c2c([2H])c([2H])c3c(c2[2H])-c2cccc(-c4cc(C(C)(C)C)cc(C(C)(C)C)c4)c2-[n+]2cn(-c4cccc(Oc5ccc6c7ccccc7n(-c7cc(C(C)(C)C)ccn7)c6c5)c4)c4cccc(c42)-c2c([2H])c([2H])c([2H])c([2H])c2-3)c([2H])c1[2H]. The van der Waals surface area contributed by atoms with E-state index >= 15 is 0 Å². The molecule has 0 fully saturated rings. The van der Waals surface area contributed by atoms with Gasteiger partial charge in [0.05, 0.1) is 41.2 Å². The number of rotatable bonds is 9. The zero-order valence-corrected chi connectivity index (χ0v) is 52.1. The molecule has 11 aromatic carbocycles. The normalized spacial score (nSPS) is 15.9. The third-order valence-corrected chi connectivity index (χ3v) is 21.1. The van der Waals surface area contributed by atoms with Gasteiger partial charge in [-0.1, -0.05) is 262 Å². The highest BCUT2D eigenvalue weighted by molar-refractivity contribution is 7.20. The Balaban J connectivity index is 1.12. The van der Waals surface area contributed by atoms with E-state index in [9.17, 15) is 26.0 Å². The summed E-state index contributed by atoms with van der Waals surface area (Å²) in [5.74, 6) is 1.60. The van der Waals surface area contributed by atoms with Crippen molar-refractivity contribution in [2.24, 2.45) is 0 Å². The van der Waals surface area contributed by atoms with Crippen molar-refractivity contribution >= 4 is 61.7 Å². The lowest BCUT2D eigenvalue weighted by Crippen LogP contribution is -2.74. The zero-order chi connectivity index (χ0) is 80.8. The van der Waals surface area contributed by atoms with Gasteiger partial charge in [-0.25, -0.2) is 4.98 Å².